The third-order valence-corrected chi connectivity index (χ3v) is 20.4. The zero-order chi connectivity index (χ0) is 103. The summed E-state index contributed by atoms with van der Waals surface area (Å²) in [6.07, 6.45) is 10.2. The standard InChI is InChI=1S/C44H29N7.2C32H21N7/c1-3-13-30(14-4-1)32-25-33(31-15-5-2-6-16-31)27-35(26-32)51-49-43-29-34(37-19-11-21-41(47-37)39-17-7-9-23-45-39)28-36(44(43)50-51)38-20-12-22-42(48-38)40-18-8-10-24-46-40;1-2-10-22(11-3-1)39-37-31-23(25-14-8-16-29(35-25)27-12-4-6-20-33-27)18-19-24(32(31)38-39)26-15-9-17-30(36-26)28-13-5-7-21-34-28;1-2-10-23(11-3-1)39-37-31-21-22(25-14-8-16-29(35-25)27-12-4-6-18-33-27)20-24(32(31)38-39)26-15-9-17-30(36-26)28-13-5-7-19-34-28/h1-29H;2*1-21H/i1D,2D,3D,4D,5D,6D,13D,14D,15D,16D;2*1D,2D,3D,10D,11D. The van der Waals surface area contributed by atoms with Crippen LogP contribution >= 0.6 is 0 Å². The van der Waals surface area contributed by atoms with E-state index in [-0.39, 0.29) is 39.3 Å². The van der Waals surface area contributed by atoms with Crippen molar-refractivity contribution in [3.63, 3.8) is 0 Å². The summed E-state index contributed by atoms with van der Waals surface area (Å²) in [6.45, 7) is 0. The molecule has 23 rings (SSSR count). The second-order valence-corrected chi connectivity index (χ2v) is 28.6. The molecule has 0 spiro atoms. The van der Waals surface area contributed by atoms with E-state index in [1.807, 2.05) is 255 Å². The Hall–Kier alpha value is -18.2. The average molecular weight is 1680 g/mol. The van der Waals surface area contributed by atoms with Crippen LogP contribution in [0.4, 0.5) is 0 Å². The highest BCUT2D eigenvalue weighted by Gasteiger charge is 2.23. The number of aromatic nitrogens is 21. The lowest BCUT2D eigenvalue weighted by Crippen LogP contribution is -2.00. The van der Waals surface area contributed by atoms with E-state index in [1.54, 1.807) is 37.2 Å². The molecule has 0 aliphatic rings. The molecule has 15 heterocycles. The largest absolute Gasteiger partial charge is 0.255 e. The van der Waals surface area contributed by atoms with Crippen molar-refractivity contribution < 1.29 is 27.4 Å². The summed E-state index contributed by atoms with van der Waals surface area (Å²) < 4.78 is 168. The molecule has 15 aromatic heterocycles. The lowest BCUT2D eigenvalue weighted by Gasteiger charge is -2.10. The fourth-order valence-electron chi connectivity index (χ4n) is 14.4. The molecule has 21 heteroatoms. The molecule has 21 nitrogen and oxygen atoms in total. The SMILES string of the molecule is [2H]c1c([2H])c([2H])c(-c2cc(-c3c([2H])c([2H])c([2H])c([2H])c3[2H])cc(-n3nc4cc(-c5cccc(-c6ccccn6)n5)cc(-c5cccc(-c6ccccn6)n5)c4n3)c2)c([2H])c1[2H].[2H]c1c([2H])c([2H])c(-n2nc3c(-c4cccc(-c5ccccn5)n4)ccc(-c4cccc(-c5ccccn5)n4)c3n2)c([2H])c1[2H].[2H]c1c([2H])c([2H])c(-n2nc3cc(-c4cccc(-c5ccccn5)n4)cc(-c4cccc(-c5ccccn5)n4)c3n2)c([2H])c1[2H]. The summed E-state index contributed by atoms with van der Waals surface area (Å²) in [5.41, 5.74) is 18.1. The normalized spacial score (nSPS) is 13.3. The van der Waals surface area contributed by atoms with Gasteiger partial charge in [-0.2, -0.15) is 14.4 Å². The Bertz CT molecular complexity index is 8930. The molecule has 0 bridgehead atoms. The smallest absolute Gasteiger partial charge is 0.123 e. The number of benzene rings is 8. The maximum Gasteiger partial charge on any atom is 0.123 e. The number of fused-ring (bicyclic) bond motifs is 3. The van der Waals surface area contributed by atoms with Gasteiger partial charge in [0.05, 0.1) is 147 Å². The number of para-hydroxylation sites is 2. The highest BCUT2D eigenvalue weighted by Crippen LogP contribution is 2.40. The summed E-state index contributed by atoms with van der Waals surface area (Å²) in [5, 5.41) is 28.5. The van der Waals surface area contributed by atoms with Crippen LogP contribution in [-0.4, -0.2) is 105 Å². The van der Waals surface area contributed by atoms with E-state index < -0.39 is 121 Å². The second kappa shape index (κ2) is 35.7. The molecule has 0 saturated carbocycles. The lowest BCUT2D eigenvalue weighted by molar-refractivity contribution is 0.766. The Morgan fingerprint density at radius 2 is 0.426 bits per heavy atom. The van der Waals surface area contributed by atoms with Crippen molar-refractivity contribution in [3.05, 3.63) is 431 Å². The minimum atomic E-state index is -0.579. The van der Waals surface area contributed by atoms with Crippen molar-refractivity contribution in [2.45, 2.75) is 0 Å². The molecule has 0 atom stereocenters. The number of hydrogen-bond acceptors (Lipinski definition) is 18. The number of rotatable bonds is 17. The molecular weight excluding hydrogens is 1590 g/mol. The van der Waals surface area contributed by atoms with Crippen molar-refractivity contribution >= 4 is 33.1 Å². The van der Waals surface area contributed by atoms with E-state index >= 15 is 0 Å². The van der Waals surface area contributed by atoms with Gasteiger partial charge in [-0.15, -0.1) is 30.6 Å². The Balaban J connectivity index is 0.000000133. The van der Waals surface area contributed by atoms with Crippen LogP contribution in [0.5, 0.6) is 0 Å². The summed E-state index contributed by atoms with van der Waals surface area (Å²) >= 11 is 0. The molecule has 0 N–H and O–H groups in total. The first-order valence-corrected chi connectivity index (χ1v) is 40.2. The number of nitrogens with zero attached hydrogens (tertiary/aromatic N) is 21. The molecule has 608 valence electrons. The first kappa shape index (κ1) is 58.7. The van der Waals surface area contributed by atoms with Crippen LogP contribution in [0.15, 0.2) is 431 Å². The number of hydrogen-bond donors (Lipinski definition) is 0. The Morgan fingerprint density at radius 3 is 0.736 bits per heavy atom. The van der Waals surface area contributed by atoms with Crippen molar-refractivity contribution in [1.82, 2.24) is 105 Å². The van der Waals surface area contributed by atoms with Crippen LogP contribution in [0.25, 0.3) is 208 Å². The third kappa shape index (κ3) is 16.9. The van der Waals surface area contributed by atoms with E-state index in [9.17, 15) is 0 Å². The van der Waals surface area contributed by atoms with Crippen LogP contribution in [0.1, 0.15) is 27.4 Å². The maximum atomic E-state index is 8.78. The highest BCUT2D eigenvalue weighted by atomic mass is 15.5. The first-order chi connectivity index (χ1) is 72.2. The Labute approximate surface area is 768 Å². The topological polar surface area (TPSA) is 247 Å². The van der Waals surface area contributed by atoms with E-state index in [0.29, 0.717) is 158 Å². The second-order valence-electron chi connectivity index (χ2n) is 28.6. The van der Waals surface area contributed by atoms with Crippen molar-refractivity contribution in [2.75, 3.05) is 0 Å². The molecule has 0 radical (unpaired) electrons. The predicted molar refractivity (Wildman–Crippen MR) is 506 cm³/mol. The highest BCUT2D eigenvalue weighted by molar-refractivity contribution is 6.00. The summed E-state index contributed by atoms with van der Waals surface area (Å²) in [6, 6.07) is 73.1. The van der Waals surface area contributed by atoms with Crippen LogP contribution in [0, 0.1) is 0 Å². The van der Waals surface area contributed by atoms with Crippen LogP contribution < -0.4 is 0 Å². The van der Waals surface area contributed by atoms with Crippen molar-refractivity contribution in [1.29, 1.82) is 0 Å². The number of pyridine rings is 12. The van der Waals surface area contributed by atoms with Gasteiger partial charge in [-0.3, -0.25) is 29.9 Å². The Morgan fingerprint density at radius 1 is 0.171 bits per heavy atom. The van der Waals surface area contributed by atoms with Gasteiger partial charge in [-0.05, 0) is 247 Å². The molecule has 129 heavy (non-hydrogen) atoms. The summed E-state index contributed by atoms with van der Waals surface area (Å²) in [5.74, 6) is 0. The minimum Gasteiger partial charge on any atom is -0.255 e. The van der Waals surface area contributed by atoms with Gasteiger partial charge in [-0.25, -0.2) is 29.9 Å². The molecule has 0 unspecified atom stereocenters. The monoisotopic (exact) mass is 1680 g/mol. The molecule has 0 fully saturated rings. The van der Waals surface area contributed by atoms with Gasteiger partial charge in [0.1, 0.15) is 33.1 Å². The molecule has 0 aliphatic carbocycles. The molecule has 8 aromatic carbocycles. The van der Waals surface area contributed by atoms with Gasteiger partial charge < -0.3 is 0 Å². The molecule has 23 aromatic rings. The van der Waals surface area contributed by atoms with Crippen molar-refractivity contribution in [3.8, 4) is 175 Å². The third-order valence-electron chi connectivity index (χ3n) is 20.4. The van der Waals surface area contributed by atoms with Gasteiger partial charge in [0.25, 0.3) is 0 Å². The van der Waals surface area contributed by atoms with Crippen molar-refractivity contribution in [2.24, 2.45) is 0 Å². The Kier molecular flexibility index (Phi) is 16.2. The quantitative estimate of drug-likeness (QED) is 0.0822. The van der Waals surface area contributed by atoms with E-state index in [0.717, 1.165) is 20.9 Å². The zero-order valence-corrected chi connectivity index (χ0v) is 67.3. The maximum absolute atomic E-state index is 8.78. The van der Waals surface area contributed by atoms with Gasteiger partial charge in [-0.1, -0.05) is 169 Å². The van der Waals surface area contributed by atoms with Gasteiger partial charge in [0.15, 0.2) is 0 Å². The average Bonchev–Trinajstić information content (AvgIpc) is 1.67. The van der Waals surface area contributed by atoms with Gasteiger partial charge in [0, 0.05) is 70.6 Å². The summed E-state index contributed by atoms with van der Waals surface area (Å²) in [7, 11) is 0. The fourth-order valence-corrected chi connectivity index (χ4v) is 14.4. The molecule has 0 amide bonds. The predicted octanol–water partition coefficient (Wildman–Crippen LogP) is 23.3. The summed E-state index contributed by atoms with van der Waals surface area (Å²) in [4.78, 5) is 59.5. The van der Waals surface area contributed by atoms with E-state index in [1.165, 1.54) is 23.0 Å². The first-order valence-electron chi connectivity index (χ1n) is 50.2. The molecular formula is C108H71N21. The minimum absolute atomic E-state index is 0.110. The van der Waals surface area contributed by atoms with Crippen LogP contribution in [0.3, 0.4) is 0 Å². The lowest BCUT2D eigenvalue weighted by atomic mass is 9.98. The van der Waals surface area contributed by atoms with Crippen LogP contribution in [-0.2, 0) is 0 Å². The van der Waals surface area contributed by atoms with Gasteiger partial charge in [0.2, 0.25) is 0 Å². The fraction of sp³-hybridized carbons (Fsp3) is 0. The molecule has 0 saturated heterocycles. The van der Waals surface area contributed by atoms with Crippen LogP contribution in [0.2, 0.25) is 0 Å². The van der Waals surface area contributed by atoms with Gasteiger partial charge >= 0.3 is 0 Å². The molecule has 0 aliphatic heterocycles. The van der Waals surface area contributed by atoms with E-state index in [2.05, 4.69) is 40.1 Å². The van der Waals surface area contributed by atoms with E-state index in [4.69, 9.17) is 77.7 Å². The zero-order valence-electron chi connectivity index (χ0n) is 87.3.